The Morgan fingerprint density at radius 1 is 1.32 bits per heavy atom. The molecule has 1 aromatic carbocycles. The summed E-state index contributed by atoms with van der Waals surface area (Å²) in [5.41, 5.74) is 2.25. The number of aryl methyl sites for hydroxylation is 1. The molecular formula is C16H22N4OS. The molecule has 0 spiro atoms. The van der Waals surface area contributed by atoms with Crippen molar-refractivity contribution in [3.8, 4) is 11.4 Å². The summed E-state index contributed by atoms with van der Waals surface area (Å²) in [6.45, 7) is 7.58. The molecule has 0 saturated carbocycles. The molecule has 0 unspecified atom stereocenters. The lowest BCUT2D eigenvalue weighted by molar-refractivity contribution is -0.126. The van der Waals surface area contributed by atoms with Crippen molar-refractivity contribution in [2.75, 3.05) is 19.3 Å². The Kier molecular flexibility index (Phi) is 5.60. The molecule has 0 aliphatic carbocycles. The maximum absolute atomic E-state index is 11.9. The van der Waals surface area contributed by atoms with E-state index < -0.39 is 0 Å². The zero-order chi connectivity index (χ0) is 16.1. The minimum Gasteiger partial charge on any atom is -0.345 e. The highest BCUT2D eigenvalue weighted by Gasteiger charge is 2.15. The zero-order valence-corrected chi connectivity index (χ0v) is 14.4. The van der Waals surface area contributed by atoms with Gasteiger partial charge in [-0.25, -0.2) is 0 Å². The number of nitrogens with zero attached hydrogens (tertiary/aromatic N) is 4. The molecule has 0 saturated heterocycles. The largest absolute Gasteiger partial charge is 0.345 e. The van der Waals surface area contributed by atoms with Crippen LogP contribution < -0.4 is 0 Å². The lowest BCUT2D eigenvalue weighted by Crippen LogP contribution is -2.27. The summed E-state index contributed by atoms with van der Waals surface area (Å²) in [5.74, 6) is 1.34. The lowest BCUT2D eigenvalue weighted by atomic mass is 10.1. The summed E-state index contributed by atoms with van der Waals surface area (Å²) in [4.78, 5) is 13.6. The zero-order valence-electron chi connectivity index (χ0n) is 13.5. The number of hydrogen-bond acceptors (Lipinski definition) is 4. The Bertz CT molecular complexity index is 653. The second-order valence-corrected chi connectivity index (χ2v) is 6.06. The molecule has 22 heavy (non-hydrogen) atoms. The number of rotatable bonds is 6. The first-order chi connectivity index (χ1) is 10.6. The van der Waals surface area contributed by atoms with Gasteiger partial charge in [-0.3, -0.25) is 4.79 Å². The maximum Gasteiger partial charge on any atom is 0.232 e. The van der Waals surface area contributed by atoms with Gasteiger partial charge in [0.1, 0.15) is 0 Å². The number of amides is 1. The van der Waals surface area contributed by atoms with Gasteiger partial charge in [0.25, 0.3) is 0 Å². The van der Waals surface area contributed by atoms with Crippen LogP contribution in [0, 0.1) is 6.92 Å². The molecule has 0 radical (unpaired) electrons. The van der Waals surface area contributed by atoms with Gasteiger partial charge in [0.05, 0.1) is 5.75 Å². The normalized spacial score (nSPS) is 10.7. The van der Waals surface area contributed by atoms with Crippen LogP contribution in [-0.2, 0) is 11.3 Å². The third-order valence-corrected chi connectivity index (χ3v) is 4.49. The van der Waals surface area contributed by atoms with Crippen molar-refractivity contribution in [1.29, 1.82) is 0 Å². The highest BCUT2D eigenvalue weighted by atomic mass is 32.2. The molecule has 1 aromatic heterocycles. The van der Waals surface area contributed by atoms with Crippen LogP contribution in [-0.4, -0.2) is 44.9 Å². The average Bonchev–Trinajstić information content (AvgIpc) is 2.94. The van der Waals surface area contributed by atoms with Crippen molar-refractivity contribution >= 4 is 17.7 Å². The van der Waals surface area contributed by atoms with Crippen molar-refractivity contribution in [3.63, 3.8) is 0 Å². The molecule has 0 fully saturated rings. The average molecular weight is 318 g/mol. The first kappa shape index (κ1) is 16.5. The molecule has 2 rings (SSSR count). The molecule has 2 aromatic rings. The third kappa shape index (κ3) is 3.68. The standard InChI is InChI=1S/C16H22N4OS/c1-5-19(4)14(21)11-22-16-18-17-15(20(16)6-2)13-9-7-8-12(3)10-13/h7-10H,5-6,11H2,1-4H3. The van der Waals surface area contributed by atoms with Crippen molar-refractivity contribution in [2.24, 2.45) is 0 Å². The van der Waals surface area contributed by atoms with Gasteiger partial charge in [-0.2, -0.15) is 0 Å². The van der Waals surface area contributed by atoms with E-state index in [1.165, 1.54) is 17.3 Å². The van der Waals surface area contributed by atoms with Crippen molar-refractivity contribution in [1.82, 2.24) is 19.7 Å². The maximum atomic E-state index is 11.9. The van der Waals surface area contributed by atoms with Crippen molar-refractivity contribution in [2.45, 2.75) is 32.5 Å². The Balaban J connectivity index is 2.19. The fourth-order valence-corrected chi connectivity index (χ4v) is 3.03. The summed E-state index contributed by atoms with van der Waals surface area (Å²) in [5, 5.41) is 9.35. The Hall–Kier alpha value is -1.82. The second kappa shape index (κ2) is 7.45. The van der Waals surface area contributed by atoms with Crippen LogP contribution in [0.15, 0.2) is 29.4 Å². The SMILES string of the molecule is CCN(C)C(=O)CSc1nnc(-c2cccc(C)c2)n1CC. The van der Waals surface area contributed by atoms with Gasteiger partial charge >= 0.3 is 0 Å². The number of benzene rings is 1. The van der Waals surface area contributed by atoms with Gasteiger partial charge in [-0.05, 0) is 26.8 Å². The predicted molar refractivity (Wildman–Crippen MR) is 89.9 cm³/mol. The van der Waals surface area contributed by atoms with E-state index in [1.54, 1.807) is 4.90 Å². The predicted octanol–water partition coefficient (Wildman–Crippen LogP) is 2.84. The molecule has 6 heteroatoms. The minimum absolute atomic E-state index is 0.107. The van der Waals surface area contributed by atoms with E-state index >= 15 is 0 Å². The van der Waals surface area contributed by atoms with Gasteiger partial charge in [0, 0.05) is 25.7 Å². The third-order valence-electron chi connectivity index (χ3n) is 3.53. The van der Waals surface area contributed by atoms with E-state index in [-0.39, 0.29) is 5.91 Å². The summed E-state index contributed by atoms with van der Waals surface area (Å²) < 4.78 is 2.05. The van der Waals surface area contributed by atoms with Crippen LogP contribution in [0.25, 0.3) is 11.4 Å². The van der Waals surface area contributed by atoms with Gasteiger partial charge in [0.15, 0.2) is 11.0 Å². The van der Waals surface area contributed by atoms with E-state index in [9.17, 15) is 4.79 Å². The van der Waals surface area contributed by atoms with Gasteiger partial charge in [0.2, 0.25) is 5.91 Å². The molecule has 0 atom stereocenters. The van der Waals surface area contributed by atoms with E-state index in [0.29, 0.717) is 12.3 Å². The highest BCUT2D eigenvalue weighted by Crippen LogP contribution is 2.24. The van der Waals surface area contributed by atoms with E-state index in [2.05, 4.69) is 40.7 Å². The molecule has 1 amide bonds. The number of thioether (sulfide) groups is 1. The molecular weight excluding hydrogens is 296 g/mol. The Morgan fingerprint density at radius 3 is 2.73 bits per heavy atom. The van der Waals surface area contributed by atoms with E-state index in [1.807, 2.05) is 26.1 Å². The van der Waals surface area contributed by atoms with E-state index in [4.69, 9.17) is 0 Å². The summed E-state index contributed by atoms with van der Waals surface area (Å²) in [6.07, 6.45) is 0. The molecule has 5 nitrogen and oxygen atoms in total. The van der Waals surface area contributed by atoms with E-state index in [0.717, 1.165) is 23.1 Å². The second-order valence-electron chi connectivity index (χ2n) is 5.12. The first-order valence-corrected chi connectivity index (χ1v) is 8.42. The summed E-state index contributed by atoms with van der Waals surface area (Å²) in [6, 6.07) is 8.21. The monoisotopic (exact) mass is 318 g/mol. The highest BCUT2D eigenvalue weighted by molar-refractivity contribution is 7.99. The molecule has 0 bridgehead atoms. The number of hydrogen-bond donors (Lipinski definition) is 0. The minimum atomic E-state index is 0.107. The lowest BCUT2D eigenvalue weighted by Gasteiger charge is -2.14. The van der Waals surface area contributed by atoms with Gasteiger partial charge in [-0.15, -0.1) is 10.2 Å². The van der Waals surface area contributed by atoms with Crippen LogP contribution in [0.4, 0.5) is 0 Å². The smallest absolute Gasteiger partial charge is 0.232 e. The summed E-state index contributed by atoms with van der Waals surface area (Å²) in [7, 11) is 1.81. The number of aromatic nitrogens is 3. The molecule has 0 aliphatic heterocycles. The van der Waals surface area contributed by atoms with Crippen molar-refractivity contribution < 1.29 is 4.79 Å². The Morgan fingerprint density at radius 2 is 2.09 bits per heavy atom. The van der Waals surface area contributed by atoms with Crippen LogP contribution >= 0.6 is 11.8 Å². The molecule has 0 N–H and O–H groups in total. The quantitative estimate of drug-likeness (QED) is 0.769. The fourth-order valence-electron chi connectivity index (χ4n) is 2.09. The molecule has 0 aliphatic rings. The first-order valence-electron chi connectivity index (χ1n) is 7.43. The number of carbonyl (C=O) groups excluding carboxylic acids is 1. The van der Waals surface area contributed by atoms with Crippen molar-refractivity contribution in [3.05, 3.63) is 29.8 Å². The van der Waals surface area contributed by atoms with Crippen LogP contribution in [0.3, 0.4) is 0 Å². The Labute approximate surface area is 135 Å². The van der Waals surface area contributed by atoms with Gasteiger partial charge < -0.3 is 9.47 Å². The molecule has 1 heterocycles. The van der Waals surface area contributed by atoms with Crippen LogP contribution in [0.2, 0.25) is 0 Å². The summed E-state index contributed by atoms with van der Waals surface area (Å²) >= 11 is 1.44. The number of carbonyl (C=O) groups is 1. The van der Waals surface area contributed by atoms with Crippen LogP contribution in [0.5, 0.6) is 0 Å². The van der Waals surface area contributed by atoms with Gasteiger partial charge in [-0.1, -0.05) is 35.5 Å². The topological polar surface area (TPSA) is 51.0 Å². The fraction of sp³-hybridized carbons (Fsp3) is 0.438. The molecule has 118 valence electrons. The van der Waals surface area contributed by atoms with Crippen LogP contribution in [0.1, 0.15) is 19.4 Å².